The Balaban J connectivity index is 0.000000948. The summed E-state index contributed by atoms with van der Waals surface area (Å²) in [6.07, 6.45) is 6.61. The van der Waals surface area contributed by atoms with Crippen LogP contribution in [0.15, 0.2) is 28.8 Å². The van der Waals surface area contributed by atoms with Gasteiger partial charge in [0.25, 0.3) is 0 Å². The molecule has 0 aromatic carbocycles. The van der Waals surface area contributed by atoms with Crippen molar-refractivity contribution in [1.82, 2.24) is 19.5 Å². The lowest BCUT2D eigenvalue weighted by atomic mass is 10.2. The van der Waals surface area contributed by atoms with E-state index in [1.165, 1.54) is 28.3 Å². The number of thiazole rings is 1. The second-order valence-electron chi connectivity index (χ2n) is 5.46. The summed E-state index contributed by atoms with van der Waals surface area (Å²) in [5.41, 5.74) is -0.621. The van der Waals surface area contributed by atoms with Gasteiger partial charge in [-0.15, -0.1) is 11.3 Å². The highest BCUT2D eigenvalue weighted by atomic mass is 32.1. The summed E-state index contributed by atoms with van der Waals surface area (Å²) in [5, 5.41) is 11.6. The van der Waals surface area contributed by atoms with Gasteiger partial charge in [-0.05, 0) is 12.8 Å². The van der Waals surface area contributed by atoms with E-state index in [4.69, 9.17) is 0 Å². The number of hydrogen-bond acceptors (Lipinski definition) is 7. The van der Waals surface area contributed by atoms with Gasteiger partial charge in [-0.2, -0.15) is 0 Å². The van der Waals surface area contributed by atoms with Gasteiger partial charge in [0.05, 0.1) is 6.20 Å². The zero-order valence-electron chi connectivity index (χ0n) is 14.5. The van der Waals surface area contributed by atoms with Crippen molar-refractivity contribution in [2.75, 3.05) is 18.0 Å². The molecule has 3 aromatic rings. The fourth-order valence-corrected chi connectivity index (χ4v) is 3.42. The molecule has 4 heterocycles. The Morgan fingerprint density at radius 1 is 1.23 bits per heavy atom. The van der Waals surface area contributed by atoms with Crippen LogP contribution in [0.25, 0.3) is 16.3 Å². The van der Waals surface area contributed by atoms with E-state index < -0.39 is 11.4 Å². The molecule has 0 aliphatic carbocycles. The highest BCUT2D eigenvalue weighted by Gasteiger charge is 2.20. The van der Waals surface area contributed by atoms with Crippen LogP contribution >= 0.6 is 11.3 Å². The zero-order chi connectivity index (χ0) is 18.7. The first kappa shape index (κ1) is 18.0. The molecule has 8 nitrogen and oxygen atoms in total. The van der Waals surface area contributed by atoms with Gasteiger partial charge in [0.1, 0.15) is 11.4 Å². The molecule has 1 aliphatic rings. The number of carbonyl (C=O) groups is 1. The van der Waals surface area contributed by atoms with Crippen LogP contribution in [0.5, 0.6) is 0 Å². The van der Waals surface area contributed by atoms with E-state index in [1.807, 2.05) is 13.8 Å². The van der Waals surface area contributed by atoms with E-state index in [9.17, 15) is 14.7 Å². The van der Waals surface area contributed by atoms with E-state index in [0.717, 1.165) is 25.9 Å². The Bertz CT molecular complexity index is 978. The molecule has 0 unspecified atom stereocenters. The highest BCUT2D eigenvalue weighted by molar-refractivity contribution is 7.12. The van der Waals surface area contributed by atoms with E-state index in [1.54, 1.807) is 11.6 Å². The third-order valence-corrected chi connectivity index (χ3v) is 4.74. The van der Waals surface area contributed by atoms with E-state index >= 15 is 0 Å². The van der Waals surface area contributed by atoms with E-state index in [-0.39, 0.29) is 11.1 Å². The third-order valence-electron chi connectivity index (χ3n) is 3.97. The quantitative estimate of drug-likeness (QED) is 0.753. The average Bonchev–Trinajstić information content (AvgIpc) is 3.37. The fraction of sp³-hybridized carbons (Fsp3) is 0.353. The van der Waals surface area contributed by atoms with Crippen molar-refractivity contribution in [3.8, 4) is 5.13 Å². The van der Waals surface area contributed by atoms with Gasteiger partial charge < -0.3 is 10.0 Å². The maximum atomic E-state index is 12.4. The molecule has 0 atom stereocenters. The molecule has 0 spiro atoms. The molecule has 1 aliphatic heterocycles. The number of carboxylic acid groups (broad SMARTS) is 1. The van der Waals surface area contributed by atoms with Crippen LogP contribution in [-0.2, 0) is 0 Å². The first-order valence-corrected chi connectivity index (χ1v) is 9.33. The first-order chi connectivity index (χ1) is 12.6. The molecule has 0 radical (unpaired) electrons. The number of aromatic nitrogens is 4. The van der Waals surface area contributed by atoms with Gasteiger partial charge in [-0.3, -0.25) is 9.36 Å². The van der Waals surface area contributed by atoms with Crippen molar-refractivity contribution in [2.45, 2.75) is 26.7 Å². The largest absolute Gasteiger partial charge is 0.477 e. The lowest BCUT2D eigenvalue weighted by Crippen LogP contribution is -2.23. The Morgan fingerprint density at radius 3 is 2.58 bits per heavy atom. The number of rotatable bonds is 3. The Labute approximate surface area is 153 Å². The van der Waals surface area contributed by atoms with Gasteiger partial charge in [0, 0.05) is 30.9 Å². The number of anilines is 1. The van der Waals surface area contributed by atoms with Crippen molar-refractivity contribution in [2.24, 2.45) is 0 Å². The second kappa shape index (κ2) is 7.61. The third kappa shape index (κ3) is 3.17. The first-order valence-electron chi connectivity index (χ1n) is 8.45. The van der Waals surface area contributed by atoms with Gasteiger partial charge in [0.15, 0.2) is 16.3 Å². The monoisotopic (exact) mass is 373 g/mol. The summed E-state index contributed by atoms with van der Waals surface area (Å²) < 4.78 is 1.53. The lowest BCUT2D eigenvalue weighted by molar-refractivity contribution is 0.0695. The summed E-state index contributed by atoms with van der Waals surface area (Å²) in [5.74, 6) is -0.606. The fourth-order valence-electron chi connectivity index (χ4n) is 2.81. The van der Waals surface area contributed by atoms with Crippen molar-refractivity contribution in [3.63, 3.8) is 0 Å². The van der Waals surface area contributed by atoms with Gasteiger partial charge in [0.2, 0.25) is 5.43 Å². The average molecular weight is 373 g/mol. The molecular formula is C17H19N5O3S. The molecule has 0 amide bonds. The molecule has 26 heavy (non-hydrogen) atoms. The van der Waals surface area contributed by atoms with Gasteiger partial charge in [-0.1, -0.05) is 13.8 Å². The maximum Gasteiger partial charge on any atom is 0.341 e. The van der Waals surface area contributed by atoms with Crippen molar-refractivity contribution >= 4 is 34.3 Å². The standard InChI is InChI=1S/C15H13N5O3S.C2H6/c21-12-9(14(22)23)8-20(15-16-3-6-24-15)13-11(12)17-7-10(18-13)19-4-1-2-5-19;1-2/h3,6-8H,1-2,4-5H2,(H,22,23);1-2H3. The number of fused-ring (bicyclic) bond motifs is 1. The van der Waals surface area contributed by atoms with Gasteiger partial charge in [-0.25, -0.2) is 19.7 Å². The lowest BCUT2D eigenvalue weighted by Gasteiger charge is -2.17. The Hall–Kier alpha value is -2.81. The van der Waals surface area contributed by atoms with Crippen LogP contribution in [0.3, 0.4) is 0 Å². The summed E-state index contributed by atoms with van der Waals surface area (Å²) in [4.78, 5) is 38.9. The van der Waals surface area contributed by atoms with Crippen molar-refractivity contribution < 1.29 is 9.90 Å². The van der Waals surface area contributed by atoms with E-state index in [0.29, 0.717) is 16.6 Å². The van der Waals surface area contributed by atoms with Crippen LogP contribution in [-0.4, -0.2) is 43.7 Å². The minimum atomic E-state index is -1.29. The van der Waals surface area contributed by atoms with Crippen LogP contribution in [0.4, 0.5) is 5.82 Å². The minimum absolute atomic E-state index is 0.0352. The number of nitrogens with zero attached hydrogens (tertiary/aromatic N) is 5. The van der Waals surface area contributed by atoms with Crippen LogP contribution in [0.1, 0.15) is 37.0 Å². The summed E-state index contributed by atoms with van der Waals surface area (Å²) >= 11 is 1.33. The molecule has 1 saturated heterocycles. The smallest absolute Gasteiger partial charge is 0.341 e. The number of pyridine rings is 1. The maximum absolute atomic E-state index is 12.4. The molecule has 4 rings (SSSR count). The topological polar surface area (TPSA) is 101 Å². The SMILES string of the molecule is CC.O=C(O)c1cn(-c2nccs2)c2nc(N3CCCC3)cnc2c1=O. The minimum Gasteiger partial charge on any atom is -0.477 e. The zero-order valence-corrected chi connectivity index (χ0v) is 15.4. The number of hydrogen-bond donors (Lipinski definition) is 1. The number of carboxylic acids is 1. The van der Waals surface area contributed by atoms with Crippen LogP contribution in [0, 0.1) is 0 Å². The van der Waals surface area contributed by atoms with E-state index in [2.05, 4.69) is 19.9 Å². The predicted octanol–water partition coefficient (Wildman–Crippen LogP) is 2.56. The molecule has 1 N–H and O–H groups in total. The predicted molar refractivity (Wildman–Crippen MR) is 101 cm³/mol. The molecule has 1 fully saturated rings. The molecule has 9 heteroatoms. The second-order valence-corrected chi connectivity index (χ2v) is 6.33. The van der Waals surface area contributed by atoms with Crippen molar-refractivity contribution in [3.05, 3.63) is 39.8 Å². The molecule has 0 bridgehead atoms. The Morgan fingerprint density at radius 2 is 1.96 bits per heavy atom. The summed E-state index contributed by atoms with van der Waals surface area (Å²) in [6, 6.07) is 0. The van der Waals surface area contributed by atoms with Crippen LogP contribution < -0.4 is 10.3 Å². The van der Waals surface area contributed by atoms with Crippen molar-refractivity contribution in [1.29, 1.82) is 0 Å². The molecule has 0 saturated carbocycles. The molecule has 3 aromatic heterocycles. The summed E-state index contributed by atoms with van der Waals surface area (Å²) in [7, 11) is 0. The Kier molecular flexibility index (Phi) is 5.27. The highest BCUT2D eigenvalue weighted by Crippen LogP contribution is 2.22. The van der Waals surface area contributed by atoms with Crippen LogP contribution in [0.2, 0.25) is 0 Å². The molecule has 136 valence electrons. The summed E-state index contributed by atoms with van der Waals surface area (Å²) in [6.45, 7) is 5.80. The number of aromatic carboxylic acids is 1. The van der Waals surface area contributed by atoms with Gasteiger partial charge >= 0.3 is 5.97 Å². The normalized spacial score (nSPS) is 13.5. The molecular weight excluding hydrogens is 354 g/mol.